The molecule has 0 aromatic carbocycles. The smallest absolute Gasteiger partial charge is 0.214 e. The Morgan fingerprint density at radius 1 is 1.38 bits per heavy atom. The monoisotopic (exact) mass is 205 g/mol. The first-order valence-corrected chi connectivity index (χ1v) is 6.36. The van der Waals surface area contributed by atoms with Gasteiger partial charge in [-0.1, -0.05) is 6.92 Å². The second-order valence-corrected chi connectivity index (χ2v) is 5.58. The summed E-state index contributed by atoms with van der Waals surface area (Å²) < 4.78 is 24.6. The zero-order valence-corrected chi connectivity index (χ0v) is 8.81. The summed E-state index contributed by atoms with van der Waals surface area (Å²) in [4.78, 5) is 0. The van der Waals surface area contributed by atoms with Crippen LogP contribution in [0.3, 0.4) is 0 Å². The highest BCUT2D eigenvalue weighted by Gasteiger charge is 2.25. The molecule has 0 unspecified atom stereocenters. The molecule has 0 aromatic rings. The fraction of sp³-hybridized carbons (Fsp3) is 1.00. The van der Waals surface area contributed by atoms with Crippen LogP contribution in [0.4, 0.5) is 0 Å². The third-order valence-electron chi connectivity index (χ3n) is 2.31. The molecule has 1 rings (SSSR count). The predicted octanol–water partition coefficient (Wildman–Crippen LogP) is 0.474. The van der Waals surface area contributed by atoms with E-state index in [1.165, 1.54) is 4.31 Å². The molecule has 0 aromatic heterocycles. The lowest BCUT2D eigenvalue weighted by atomic mass is 10.1. The molecule has 0 aliphatic carbocycles. The summed E-state index contributed by atoms with van der Waals surface area (Å²) in [7, 11) is -3.01. The average molecular weight is 205 g/mol. The van der Waals surface area contributed by atoms with Crippen molar-refractivity contribution in [2.75, 3.05) is 18.8 Å². The van der Waals surface area contributed by atoms with Gasteiger partial charge < -0.3 is 0 Å². The lowest BCUT2D eigenvalue weighted by Gasteiger charge is -2.28. The Labute approximate surface area is 80.1 Å². The fourth-order valence-corrected chi connectivity index (χ4v) is 3.06. The Bertz CT molecular complexity index is 243. The Hall–Kier alpha value is -0.130. The normalized spacial score (nSPS) is 22.0. The molecule has 1 radical (unpaired) electrons. The summed E-state index contributed by atoms with van der Waals surface area (Å²) in [6.45, 7) is 2.95. The summed E-state index contributed by atoms with van der Waals surface area (Å²) >= 11 is 0. The lowest BCUT2D eigenvalue weighted by Crippen LogP contribution is -2.41. The minimum Gasteiger partial charge on any atom is -0.254 e. The van der Waals surface area contributed by atoms with E-state index in [1.54, 1.807) is 0 Å². The van der Waals surface area contributed by atoms with Crippen molar-refractivity contribution in [3.05, 3.63) is 0 Å². The zero-order valence-electron chi connectivity index (χ0n) is 7.99. The van der Waals surface area contributed by atoms with Crippen LogP contribution in [0.15, 0.2) is 0 Å². The number of sulfonamides is 1. The van der Waals surface area contributed by atoms with Gasteiger partial charge in [-0.3, -0.25) is 5.73 Å². The van der Waals surface area contributed by atoms with Gasteiger partial charge in [0.05, 0.1) is 5.75 Å². The molecule has 1 aliphatic rings. The highest BCUT2D eigenvalue weighted by atomic mass is 32.2. The van der Waals surface area contributed by atoms with Crippen molar-refractivity contribution in [3.8, 4) is 0 Å². The van der Waals surface area contributed by atoms with Gasteiger partial charge in [0.25, 0.3) is 0 Å². The third-order valence-corrected chi connectivity index (χ3v) is 4.39. The standard InChI is InChI=1S/C8H17N2O2S/c1-2-7-13(11,12)10-5-3-8(9)4-6-10/h8-9H,2-7H2,1H3. The zero-order chi connectivity index (χ0) is 9.90. The van der Waals surface area contributed by atoms with E-state index in [0.717, 1.165) is 0 Å². The molecule has 0 saturated carbocycles. The van der Waals surface area contributed by atoms with Crippen molar-refractivity contribution in [2.24, 2.45) is 0 Å². The Kier molecular flexibility index (Phi) is 3.70. The topological polar surface area (TPSA) is 61.2 Å². The van der Waals surface area contributed by atoms with Gasteiger partial charge in [0, 0.05) is 19.1 Å². The van der Waals surface area contributed by atoms with Crippen molar-refractivity contribution >= 4 is 10.0 Å². The van der Waals surface area contributed by atoms with E-state index in [0.29, 0.717) is 32.4 Å². The highest BCUT2D eigenvalue weighted by Crippen LogP contribution is 2.14. The molecule has 0 amide bonds. The number of rotatable bonds is 3. The molecule has 5 heteroatoms. The molecular formula is C8H17N2O2S. The second kappa shape index (κ2) is 4.39. The summed E-state index contributed by atoms with van der Waals surface area (Å²) in [5, 5.41) is 0. The van der Waals surface area contributed by atoms with Crippen LogP contribution in [0, 0.1) is 0 Å². The van der Waals surface area contributed by atoms with E-state index in [2.05, 4.69) is 0 Å². The van der Waals surface area contributed by atoms with Gasteiger partial charge in [-0.2, -0.15) is 0 Å². The van der Waals surface area contributed by atoms with Crippen LogP contribution in [0.25, 0.3) is 0 Å². The van der Waals surface area contributed by atoms with E-state index in [1.807, 2.05) is 6.92 Å². The lowest BCUT2D eigenvalue weighted by molar-refractivity contribution is 0.316. The number of piperidine rings is 1. The molecule has 1 N–H and O–H groups in total. The van der Waals surface area contributed by atoms with E-state index in [4.69, 9.17) is 5.73 Å². The van der Waals surface area contributed by atoms with E-state index in [-0.39, 0.29) is 11.8 Å². The largest absolute Gasteiger partial charge is 0.254 e. The molecule has 0 bridgehead atoms. The van der Waals surface area contributed by atoms with E-state index < -0.39 is 10.0 Å². The van der Waals surface area contributed by atoms with Gasteiger partial charge in [0.15, 0.2) is 0 Å². The third kappa shape index (κ3) is 2.93. The maximum absolute atomic E-state index is 11.6. The van der Waals surface area contributed by atoms with Crippen LogP contribution in [0.2, 0.25) is 0 Å². The summed E-state index contributed by atoms with van der Waals surface area (Å²) in [5.74, 6) is 0.246. The Morgan fingerprint density at radius 2 is 1.92 bits per heavy atom. The van der Waals surface area contributed by atoms with Crippen molar-refractivity contribution in [3.63, 3.8) is 0 Å². The van der Waals surface area contributed by atoms with Crippen LogP contribution in [-0.4, -0.2) is 37.6 Å². The first-order valence-electron chi connectivity index (χ1n) is 4.75. The SMILES string of the molecule is CCCS(=O)(=O)N1CCC([NH])CC1. The summed E-state index contributed by atoms with van der Waals surface area (Å²) in [6, 6.07) is -0.0620. The van der Waals surface area contributed by atoms with Gasteiger partial charge >= 0.3 is 0 Å². The molecule has 4 nitrogen and oxygen atoms in total. The van der Waals surface area contributed by atoms with Gasteiger partial charge in [0.2, 0.25) is 10.0 Å². The van der Waals surface area contributed by atoms with Crippen molar-refractivity contribution in [1.82, 2.24) is 10.0 Å². The Balaban J connectivity index is 2.53. The second-order valence-electron chi connectivity index (χ2n) is 3.49. The van der Waals surface area contributed by atoms with Gasteiger partial charge in [-0.25, -0.2) is 12.7 Å². The molecule has 1 fully saturated rings. The molecule has 1 heterocycles. The molecule has 0 atom stereocenters. The van der Waals surface area contributed by atoms with Crippen molar-refractivity contribution in [2.45, 2.75) is 32.2 Å². The molecular weight excluding hydrogens is 188 g/mol. The highest BCUT2D eigenvalue weighted by molar-refractivity contribution is 7.89. The van der Waals surface area contributed by atoms with Crippen LogP contribution < -0.4 is 5.73 Å². The van der Waals surface area contributed by atoms with Crippen LogP contribution in [0.5, 0.6) is 0 Å². The van der Waals surface area contributed by atoms with Gasteiger partial charge in [-0.05, 0) is 19.3 Å². The molecule has 1 aliphatic heterocycles. The molecule has 13 heavy (non-hydrogen) atoms. The minimum absolute atomic E-state index is 0.0620. The van der Waals surface area contributed by atoms with Crippen molar-refractivity contribution in [1.29, 1.82) is 0 Å². The maximum atomic E-state index is 11.6. The molecule has 77 valence electrons. The number of hydrogen-bond acceptors (Lipinski definition) is 2. The number of nitrogens with one attached hydrogen (secondary N) is 1. The molecule has 1 saturated heterocycles. The van der Waals surface area contributed by atoms with E-state index >= 15 is 0 Å². The number of nitrogens with zero attached hydrogens (tertiary/aromatic N) is 1. The average Bonchev–Trinajstić information content (AvgIpc) is 2.05. The quantitative estimate of drug-likeness (QED) is 0.672. The first-order chi connectivity index (χ1) is 6.06. The Morgan fingerprint density at radius 3 is 2.38 bits per heavy atom. The fourth-order valence-electron chi connectivity index (χ4n) is 1.52. The van der Waals surface area contributed by atoms with Crippen LogP contribution >= 0.6 is 0 Å². The first kappa shape index (κ1) is 10.9. The minimum atomic E-state index is -3.01. The van der Waals surface area contributed by atoms with Crippen molar-refractivity contribution < 1.29 is 8.42 Å². The van der Waals surface area contributed by atoms with Gasteiger partial charge in [-0.15, -0.1) is 0 Å². The predicted molar refractivity (Wildman–Crippen MR) is 51.8 cm³/mol. The van der Waals surface area contributed by atoms with E-state index in [9.17, 15) is 8.42 Å². The summed E-state index contributed by atoms with van der Waals surface area (Å²) in [6.07, 6.45) is 2.04. The van der Waals surface area contributed by atoms with Crippen LogP contribution in [-0.2, 0) is 10.0 Å². The maximum Gasteiger partial charge on any atom is 0.214 e. The van der Waals surface area contributed by atoms with Crippen LogP contribution in [0.1, 0.15) is 26.2 Å². The molecule has 0 spiro atoms. The number of hydrogen-bond donors (Lipinski definition) is 0. The summed E-state index contributed by atoms with van der Waals surface area (Å²) in [5.41, 5.74) is 7.45. The van der Waals surface area contributed by atoms with Gasteiger partial charge in [0.1, 0.15) is 0 Å².